The Labute approximate surface area is 251 Å². The second-order valence-electron chi connectivity index (χ2n) is 13.3. The molecule has 39 heavy (non-hydrogen) atoms. The van der Waals surface area contributed by atoms with E-state index in [1.54, 1.807) is 27.6 Å². The first kappa shape index (κ1) is 31.6. The minimum absolute atomic E-state index is 0.566. The van der Waals surface area contributed by atoms with Crippen LogP contribution in [0.3, 0.4) is 0 Å². The molecule has 0 bridgehead atoms. The number of allylic oxidation sites excluding steroid dienone is 2. The number of hydrogen-bond donors (Lipinski definition) is 0. The number of unbranched alkanes of at least 4 members (excludes halogenated alkanes) is 4. The first-order chi connectivity index (χ1) is 18.9. The zero-order chi connectivity index (χ0) is 27.9. The molecule has 0 amide bonds. The van der Waals surface area contributed by atoms with E-state index in [0.717, 1.165) is 7.25 Å². The summed E-state index contributed by atoms with van der Waals surface area (Å²) < 4.78 is 8.39. The summed E-state index contributed by atoms with van der Waals surface area (Å²) in [6.07, 6.45) is 21.7. The van der Waals surface area contributed by atoms with Gasteiger partial charge < -0.3 is 0 Å². The molecule has 2 atom stereocenters. The molecule has 2 aliphatic rings. The van der Waals surface area contributed by atoms with E-state index in [9.17, 15) is 0 Å². The van der Waals surface area contributed by atoms with E-state index in [2.05, 4.69) is 114 Å². The van der Waals surface area contributed by atoms with Crippen molar-refractivity contribution in [2.45, 2.75) is 118 Å². The predicted molar refractivity (Wildman–Crippen MR) is 169 cm³/mol. The second kappa shape index (κ2) is 14.2. The summed E-state index contributed by atoms with van der Waals surface area (Å²) in [6.45, 7) is 15.6. The van der Waals surface area contributed by atoms with E-state index in [4.69, 9.17) is 0 Å². The monoisotopic (exact) mass is 680 g/mol. The van der Waals surface area contributed by atoms with E-state index in [0.29, 0.717) is 0.831 Å². The number of rotatable bonds is 16. The van der Waals surface area contributed by atoms with E-state index in [1.165, 1.54) is 62.5 Å². The van der Waals surface area contributed by atoms with Crippen molar-refractivity contribution in [3.05, 3.63) is 82.9 Å². The Morgan fingerprint density at radius 2 is 0.872 bits per heavy atom. The van der Waals surface area contributed by atoms with Gasteiger partial charge in [0.1, 0.15) is 0 Å². The van der Waals surface area contributed by atoms with Crippen LogP contribution >= 0.6 is 0 Å². The fraction of sp³-hybridized carbons (Fsp3) is 0.568. The Morgan fingerprint density at radius 3 is 1.21 bits per heavy atom. The molecule has 0 saturated heterocycles. The molecule has 212 valence electrons. The SMILES string of the molecule is CCC[CH2][Zr]([CH2]CCC)([CH]1C=Cc2ccccc21)[C](C)(C)[Zr]([CH2]CCC)([CH2]CCC)[CH]1C=Cc2ccccc21. The van der Waals surface area contributed by atoms with Crippen molar-refractivity contribution in [1.29, 1.82) is 0 Å². The molecule has 0 spiro atoms. The first-order valence-corrected chi connectivity index (χ1v) is 28.7. The van der Waals surface area contributed by atoms with Crippen molar-refractivity contribution < 1.29 is 40.5 Å². The van der Waals surface area contributed by atoms with Crippen molar-refractivity contribution in [1.82, 2.24) is 0 Å². The zero-order valence-electron chi connectivity index (χ0n) is 26.1. The molecule has 0 saturated carbocycles. The second-order valence-corrected chi connectivity index (χ2v) is 41.8. The number of hydrogen-bond acceptors (Lipinski definition) is 0. The van der Waals surface area contributed by atoms with Crippen LogP contribution in [0.25, 0.3) is 12.2 Å². The molecule has 0 heterocycles. The minimum atomic E-state index is -2.93. The molecule has 2 unspecified atom stereocenters. The molecule has 0 radical (unpaired) electrons. The van der Waals surface area contributed by atoms with Gasteiger partial charge in [-0.1, -0.05) is 0 Å². The molecule has 4 rings (SSSR count). The van der Waals surface area contributed by atoms with Gasteiger partial charge in [0.25, 0.3) is 0 Å². The molecule has 2 aromatic rings. The fourth-order valence-corrected chi connectivity index (χ4v) is 67.9. The average Bonchev–Trinajstić information content (AvgIpc) is 3.59. The van der Waals surface area contributed by atoms with Gasteiger partial charge in [0, 0.05) is 0 Å². The van der Waals surface area contributed by atoms with Crippen LogP contribution < -0.4 is 0 Å². The molecule has 0 aromatic heterocycles. The number of benzene rings is 2. The van der Waals surface area contributed by atoms with Gasteiger partial charge in [-0.2, -0.15) is 0 Å². The summed E-state index contributed by atoms with van der Waals surface area (Å²) in [5.74, 6) is 0. The van der Waals surface area contributed by atoms with Gasteiger partial charge in [-0.15, -0.1) is 0 Å². The summed E-state index contributed by atoms with van der Waals surface area (Å²) in [5.41, 5.74) is 6.48. The van der Waals surface area contributed by atoms with Gasteiger partial charge in [-0.05, 0) is 0 Å². The van der Waals surface area contributed by atoms with E-state index in [1.807, 2.05) is 0 Å². The van der Waals surface area contributed by atoms with Crippen molar-refractivity contribution in [3.63, 3.8) is 0 Å². The number of fused-ring (bicyclic) bond motifs is 2. The molecular formula is C37H56Zr2. The summed E-state index contributed by atoms with van der Waals surface area (Å²) in [7, 11) is 0. The van der Waals surface area contributed by atoms with Gasteiger partial charge in [0.15, 0.2) is 0 Å². The van der Waals surface area contributed by atoms with Crippen LogP contribution in [0.2, 0.25) is 17.3 Å². The van der Waals surface area contributed by atoms with Gasteiger partial charge in [0.05, 0.1) is 0 Å². The average molecular weight is 683 g/mol. The van der Waals surface area contributed by atoms with Crippen molar-refractivity contribution in [2.75, 3.05) is 0 Å². The van der Waals surface area contributed by atoms with E-state index < -0.39 is 40.5 Å². The molecule has 2 heteroatoms. The van der Waals surface area contributed by atoms with Crippen LogP contribution in [-0.4, -0.2) is 0 Å². The predicted octanol–water partition coefficient (Wildman–Crippen LogP) is 12.9. The topological polar surface area (TPSA) is 0 Å². The van der Waals surface area contributed by atoms with Crippen molar-refractivity contribution >= 4 is 12.2 Å². The van der Waals surface area contributed by atoms with E-state index in [-0.39, 0.29) is 0 Å². The quantitative estimate of drug-likeness (QED) is 0.165. The third kappa shape index (κ3) is 5.97. The summed E-state index contributed by atoms with van der Waals surface area (Å²) >= 11 is -5.87. The Hall–Kier alpha value is -0.314. The van der Waals surface area contributed by atoms with E-state index >= 15 is 0 Å². The fourth-order valence-electron chi connectivity index (χ4n) is 8.83. The molecule has 2 aromatic carbocycles. The summed E-state index contributed by atoms with van der Waals surface area (Å²) in [6, 6.07) is 19.0. The third-order valence-electron chi connectivity index (χ3n) is 11.2. The normalized spacial score (nSPS) is 18.5. The molecule has 0 nitrogen and oxygen atoms in total. The Balaban J connectivity index is 1.97. The van der Waals surface area contributed by atoms with Crippen molar-refractivity contribution in [3.8, 4) is 0 Å². The standard InChI is InChI=1S/2C9H7.4C4H9.C3H6.2Zr/c2*1-2-5-9-7-3-6-8(9)4-1;4*1-3-4-2;1-3-2;;/h2*1-7H;4*1,3-4H2,2H3;1-2H3;;. The Kier molecular flexibility index (Phi) is 11.5. The summed E-state index contributed by atoms with van der Waals surface area (Å²) in [5, 5.41) is 0. The molecule has 2 aliphatic carbocycles. The maximum absolute atomic E-state index is 2.93. The van der Waals surface area contributed by atoms with Gasteiger partial charge in [0.2, 0.25) is 0 Å². The van der Waals surface area contributed by atoms with Crippen LogP contribution in [0.15, 0.2) is 60.7 Å². The van der Waals surface area contributed by atoms with Gasteiger partial charge in [-0.25, -0.2) is 0 Å². The molecule has 0 aliphatic heterocycles. The Morgan fingerprint density at radius 1 is 0.538 bits per heavy atom. The van der Waals surface area contributed by atoms with Crippen LogP contribution in [0.5, 0.6) is 0 Å². The van der Waals surface area contributed by atoms with Crippen LogP contribution in [-0.2, 0) is 40.5 Å². The van der Waals surface area contributed by atoms with Crippen molar-refractivity contribution in [2.24, 2.45) is 0 Å². The van der Waals surface area contributed by atoms with Gasteiger partial charge >= 0.3 is 253 Å². The summed E-state index contributed by atoms with van der Waals surface area (Å²) in [4.78, 5) is 0. The zero-order valence-corrected chi connectivity index (χ0v) is 31.0. The van der Waals surface area contributed by atoms with Gasteiger partial charge in [-0.3, -0.25) is 0 Å². The first-order valence-electron chi connectivity index (χ1n) is 16.5. The molecule has 0 N–H and O–H groups in total. The third-order valence-corrected chi connectivity index (χ3v) is 58.5. The molecular weight excluding hydrogens is 627 g/mol. The van der Waals surface area contributed by atoms with Crippen LogP contribution in [0.1, 0.15) is 122 Å². The molecule has 0 fully saturated rings. The Bertz CT molecular complexity index is 1020. The van der Waals surface area contributed by atoms with Crippen LogP contribution in [0, 0.1) is 0 Å². The maximum atomic E-state index is 2.93. The van der Waals surface area contributed by atoms with Crippen LogP contribution in [0.4, 0.5) is 0 Å².